The van der Waals surface area contributed by atoms with E-state index in [1.165, 1.54) is 0 Å². The summed E-state index contributed by atoms with van der Waals surface area (Å²) in [7, 11) is 0. The van der Waals surface area contributed by atoms with Crippen LogP contribution in [-0.2, 0) is 19.1 Å². The smallest absolute Gasteiger partial charge is 0.311 e. The SMILES string of the molecule is C=CCCCOC(=O)[C@H]1[C@H]2C(=O)N([C@@H](CC)CO)C(C(=O)N(CC=C)c3ccc4ccccc4c3)C23CC[C@]1(C)S3. The molecule has 2 bridgehead atoms. The maximum atomic E-state index is 14.8. The first-order valence-electron chi connectivity index (χ1n) is 14.6. The standard InChI is InChI=1S/C33H40N2O5S/c1-5-8-11-19-40-31(39)27-26-29(37)35(24(7-3)21-36)28(33(26)17-16-32(27,4)41-33)30(38)34(18-6-2)25-15-14-22-12-9-10-13-23(22)20-25/h5-6,9-10,12-15,20,24,26-28,36H,1-2,7-8,11,16-19,21H2,3-4H3/t24-,26-,27+,28?,32-,33?/m0/s1. The van der Waals surface area contributed by atoms with E-state index in [2.05, 4.69) is 13.2 Å². The zero-order valence-electron chi connectivity index (χ0n) is 24.0. The Kier molecular flexibility index (Phi) is 8.35. The number of fused-ring (bicyclic) bond motifs is 2. The minimum atomic E-state index is -0.825. The molecular formula is C33H40N2O5S. The molecule has 1 N–H and O–H groups in total. The highest BCUT2D eigenvalue weighted by atomic mass is 32.2. The number of anilines is 1. The van der Waals surface area contributed by atoms with Crippen molar-refractivity contribution in [3.05, 3.63) is 67.8 Å². The molecule has 7 nitrogen and oxygen atoms in total. The zero-order chi connectivity index (χ0) is 29.4. The largest absolute Gasteiger partial charge is 0.465 e. The Morgan fingerprint density at radius 2 is 1.95 bits per heavy atom. The highest BCUT2D eigenvalue weighted by Crippen LogP contribution is 2.72. The highest BCUT2D eigenvalue weighted by molar-refractivity contribution is 8.02. The molecule has 0 saturated carbocycles. The Hall–Kier alpha value is -3.10. The molecule has 2 aromatic carbocycles. The number of carbonyl (C=O) groups is 3. The fraction of sp³-hybridized carbons (Fsp3) is 0.485. The third-order valence-electron chi connectivity index (χ3n) is 9.20. The third-order valence-corrected chi connectivity index (χ3v) is 11.2. The zero-order valence-corrected chi connectivity index (χ0v) is 24.8. The maximum absolute atomic E-state index is 14.8. The van der Waals surface area contributed by atoms with Crippen LogP contribution >= 0.6 is 11.8 Å². The number of thioether (sulfide) groups is 1. The van der Waals surface area contributed by atoms with Gasteiger partial charge in [0, 0.05) is 17.0 Å². The van der Waals surface area contributed by atoms with Crippen LogP contribution in [0.1, 0.15) is 46.0 Å². The second kappa shape index (κ2) is 11.6. The Balaban J connectivity index is 1.56. The molecule has 0 radical (unpaired) electrons. The number of likely N-dealkylation sites (tertiary alicyclic amines) is 1. The third kappa shape index (κ3) is 4.79. The van der Waals surface area contributed by atoms with Crippen LogP contribution in [0.2, 0.25) is 0 Å². The molecule has 2 amide bonds. The van der Waals surface area contributed by atoms with Gasteiger partial charge in [-0.1, -0.05) is 49.4 Å². The van der Waals surface area contributed by atoms with Crippen molar-refractivity contribution in [2.24, 2.45) is 11.8 Å². The van der Waals surface area contributed by atoms with Crippen molar-refractivity contribution >= 4 is 46.0 Å². The van der Waals surface area contributed by atoms with Crippen LogP contribution in [-0.4, -0.2) is 69.1 Å². The first-order chi connectivity index (χ1) is 19.8. The topological polar surface area (TPSA) is 87.1 Å². The number of allylic oxidation sites excluding steroid dienone is 1. The quantitative estimate of drug-likeness (QED) is 0.214. The lowest BCUT2D eigenvalue weighted by Gasteiger charge is -2.39. The van der Waals surface area contributed by atoms with Gasteiger partial charge in [0.1, 0.15) is 6.04 Å². The molecule has 6 atom stereocenters. The van der Waals surface area contributed by atoms with Gasteiger partial charge in [-0.2, -0.15) is 0 Å². The van der Waals surface area contributed by atoms with E-state index in [1.54, 1.807) is 33.7 Å². The molecule has 3 fully saturated rings. The molecule has 41 heavy (non-hydrogen) atoms. The van der Waals surface area contributed by atoms with Crippen LogP contribution in [0.5, 0.6) is 0 Å². The number of esters is 1. The number of ether oxygens (including phenoxy) is 1. The van der Waals surface area contributed by atoms with Crippen LogP contribution in [0.4, 0.5) is 5.69 Å². The fourth-order valence-corrected chi connectivity index (χ4v) is 9.57. The summed E-state index contributed by atoms with van der Waals surface area (Å²) in [6, 6.07) is 12.5. The molecular weight excluding hydrogens is 536 g/mol. The van der Waals surface area contributed by atoms with Gasteiger partial charge in [0.2, 0.25) is 5.91 Å². The number of aliphatic hydroxyl groups excluding tert-OH is 1. The van der Waals surface area contributed by atoms with Crippen molar-refractivity contribution in [1.82, 2.24) is 4.90 Å². The predicted molar refractivity (Wildman–Crippen MR) is 164 cm³/mol. The molecule has 0 aromatic heterocycles. The van der Waals surface area contributed by atoms with E-state index in [4.69, 9.17) is 4.74 Å². The molecule has 5 rings (SSSR count). The number of carbonyl (C=O) groups excluding carboxylic acids is 3. The van der Waals surface area contributed by atoms with Gasteiger partial charge in [-0.25, -0.2) is 0 Å². The number of benzene rings is 2. The van der Waals surface area contributed by atoms with Crippen LogP contribution < -0.4 is 4.90 Å². The van der Waals surface area contributed by atoms with Crippen LogP contribution in [0.15, 0.2) is 67.8 Å². The molecule has 218 valence electrons. The predicted octanol–water partition coefficient (Wildman–Crippen LogP) is 5.12. The number of unbranched alkanes of at least 4 members (excludes halogenated alkanes) is 1. The first kappa shape index (κ1) is 29.4. The second-order valence-corrected chi connectivity index (χ2v) is 13.5. The van der Waals surface area contributed by atoms with E-state index in [0.29, 0.717) is 25.7 Å². The van der Waals surface area contributed by atoms with Gasteiger partial charge >= 0.3 is 5.97 Å². The monoisotopic (exact) mass is 576 g/mol. The van der Waals surface area contributed by atoms with Crippen molar-refractivity contribution in [1.29, 1.82) is 0 Å². The Morgan fingerprint density at radius 3 is 2.63 bits per heavy atom. The van der Waals surface area contributed by atoms with Gasteiger partial charge in [0.05, 0.1) is 35.8 Å². The number of rotatable bonds is 12. The molecule has 3 aliphatic rings. The van der Waals surface area contributed by atoms with Crippen molar-refractivity contribution in [2.45, 2.75) is 67.5 Å². The summed E-state index contributed by atoms with van der Waals surface area (Å²) >= 11 is 1.61. The average Bonchev–Trinajstić information content (AvgIpc) is 3.55. The second-order valence-electron chi connectivity index (χ2n) is 11.6. The summed E-state index contributed by atoms with van der Waals surface area (Å²) in [6.45, 7) is 11.9. The van der Waals surface area contributed by atoms with Gasteiger partial charge in [0.25, 0.3) is 5.91 Å². The van der Waals surface area contributed by atoms with Gasteiger partial charge in [-0.05, 0) is 61.9 Å². The lowest BCUT2D eigenvalue weighted by molar-refractivity contribution is -0.156. The summed E-state index contributed by atoms with van der Waals surface area (Å²) in [6.07, 6.45) is 6.73. The van der Waals surface area contributed by atoms with Crippen LogP contribution in [0, 0.1) is 11.8 Å². The number of hydrogen-bond donors (Lipinski definition) is 1. The molecule has 1 spiro atoms. The van der Waals surface area contributed by atoms with E-state index in [-0.39, 0.29) is 37.5 Å². The lowest BCUT2D eigenvalue weighted by atomic mass is 9.66. The van der Waals surface area contributed by atoms with E-state index in [1.807, 2.05) is 56.3 Å². The average molecular weight is 577 g/mol. The maximum Gasteiger partial charge on any atom is 0.311 e. The van der Waals surface area contributed by atoms with Gasteiger partial charge in [0.15, 0.2) is 0 Å². The minimum Gasteiger partial charge on any atom is -0.465 e. The van der Waals surface area contributed by atoms with Crippen molar-refractivity contribution in [3.8, 4) is 0 Å². The van der Waals surface area contributed by atoms with Crippen molar-refractivity contribution in [2.75, 3.05) is 24.7 Å². The minimum absolute atomic E-state index is 0.209. The summed E-state index contributed by atoms with van der Waals surface area (Å²) in [4.78, 5) is 46.0. The summed E-state index contributed by atoms with van der Waals surface area (Å²) in [5.74, 6) is -2.14. The van der Waals surface area contributed by atoms with E-state index in [9.17, 15) is 19.5 Å². The number of amides is 2. The molecule has 2 unspecified atom stereocenters. The summed E-state index contributed by atoms with van der Waals surface area (Å²) in [5, 5.41) is 12.4. The normalized spacial score (nSPS) is 28.9. The van der Waals surface area contributed by atoms with E-state index >= 15 is 0 Å². The molecule has 3 saturated heterocycles. The van der Waals surface area contributed by atoms with Crippen molar-refractivity contribution < 1.29 is 24.2 Å². The Morgan fingerprint density at radius 1 is 1.20 bits per heavy atom. The van der Waals surface area contributed by atoms with Crippen LogP contribution in [0.25, 0.3) is 10.8 Å². The molecule has 0 aliphatic carbocycles. The Labute approximate surface area is 246 Å². The molecule has 3 heterocycles. The van der Waals surface area contributed by atoms with Crippen molar-refractivity contribution in [3.63, 3.8) is 0 Å². The molecule has 8 heteroatoms. The summed E-state index contributed by atoms with van der Waals surface area (Å²) < 4.78 is 4.42. The first-order valence-corrected chi connectivity index (χ1v) is 15.4. The lowest BCUT2D eigenvalue weighted by Crippen LogP contribution is -2.57. The number of aliphatic hydroxyl groups is 1. The molecule has 2 aromatic rings. The van der Waals surface area contributed by atoms with Gasteiger partial charge < -0.3 is 19.6 Å². The van der Waals surface area contributed by atoms with Gasteiger partial charge in [-0.15, -0.1) is 24.9 Å². The number of nitrogens with zero attached hydrogens (tertiary/aromatic N) is 2. The van der Waals surface area contributed by atoms with Crippen LogP contribution in [0.3, 0.4) is 0 Å². The summed E-state index contributed by atoms with van der Waals surface area (Å²) in [5.41, 5.74) is 0.722. The van der Waals surface area contributed by atoms with E-state index < -0.39 is 33.4 Å². The van der Waals surface area contributed by atoms with E-state index in [0.717, 1.165) is 22.9 Å². The fourth-order valence-electron chi connectivity index (χ4n) is 7.24. The molecule has 3 aliphatic heterocycles. The van der Waals surface area contributed by atoms with Gasteiger partial charge in [-0.3, -0.25) is 14.4 Å². The number of hydrogen-bond acceptors (Lipinski definition) is 6. The Bertz CT molecular complexity index is 1360. The highest BCUT2D eigenvalue weighted by Gasteiger charge is 2.78.